The van der Waals surface area contributed by atoms with Gasteiger partial charge in [-0.3, -0.25) is 4.79 Å². The molecule has 0 bridgehead atoms. The third kappa shape index (κ3) is 3.45. The van der Waals surface area contributed by atoms with E-state index in [4.69, 9.17) is 9.52 Å². The highest BCUT2D eigenvalue weighted by Gasteiger charge is 2.18. The fourth-order valence-electron chi connectivity index (χ4n) is 1.65. The Bertz CT molecular complexity index is 591. The zero-order valence-electron chi connectivity index (χ0n) is 10.8. The molecule has 1 amide bonds. The van der Waals surface area contributed by atoms with Gasteiger partial charge in [0.15, 0.2) is 10.8 Å². The van der Waals surface area contributed by atoms with Crippen molar-refractivity contribution in [2.24, 2.45) is 0 Å². The Kier molecular flexibility index (Phi) is 4.52. The van der Waals surface area contributed by atoms with Gasteiger partial charge in [0.25, 0.3) is 0 Å². The summed E-state index contributed by atoms with van der Waals surface area (Å²) in [6, 6.07) is 2.70. The number of hydrogen-bond donors (Lipinski definition) is 2. The summed E-state index contributed by atoms with van der Waals surface area (Å²) < 4.78 is 5.22. The van der Waals surface area contributed by atoms with Crippen molar-refractivity contribution in [3.63, 3.8) is 0 Å². The van der Waals surface area contributed by atoms with E-state index in [2.05, 4.69) is 10.3 Å². The van der Waals surface area contributed by atoms with E-state index in [1.807, 2.05) is 0 Å². The second-order valence-electron chi connectivity index (χ2n) is 4.16. The van der Waals surface area contributed by atoms with Crippen molar-refractivity contribution in [1.29, 1.82) is 0 Å². The molecule has 1 atom stereocenters. The van der Waals surface area contributed by atoms with Gasteiger partial charge in [0.2, 0.25) is 5.91 Å². The first-order valence-electron chi connectivity index (χ1n) is 6.10. The highest BCUT2D eigenvalue weighted by Crippen LogP contribution is 2.24. The van der Waals surface area contributed by atoms with E-state index in [-0.39, 0.29) is 12.3 Å². The number of thiazole rings is 1. The highest BCUT2D eigenvalue weighted by molar-refractivity contribution is 7.13. The van der Waals surface area contributed by atoms with E-state index in [9.17, 15) is 9.59 Å². The number of rotatable bonds is 6. The van der Waals surface area contributed by atoms with Gasteiger partial charge < -0.3 is 14.8 Å². The molecule has 0 fully saturated rings. The average Bonchev–Trinajstić information content (AvgIpc) is 3.05. The molecular formula is C13H14N2O4S. The third-order valence-electron chi connectivity index (χ3n) is 2.67. The quantitative estimate of drug-likeness (QED) is 0.849. The van der Waals surface area contributed by atoms with Crippen LogP contribution in [0.25, 0.3) is 10.8 Å². The maximum Gasteiger partial charge on any atom is 0.326 e. The number of furan rings is 1. The first-order chi connectivity index (χ1) is 9.60. The number of carbonyl (C=O) groups is 2. The summed E-state index contributed by atoms with van der Waals surface area (Å²) in [6.45, 7) is 1.71. The van der Waals surface area contributed by atoms with Crippen molar-refractivity contribution < 1.29 is 19.1 Å². The monoisotopic (exact) mass is 294 g/mol. The standard InChI is InChI=1S/C13H14N2O4S/c1-2-9(13(17)18)15-11(16)6-8-7-20-12(14-8)10-4-3-5-19-10/h3-5,7,9H,2,6H2,1H3,(H,15,16)(H,17,18). The highest BCUT2D eigenvalue weighted by atomic mass is 32.1. The molecule has 6 nitrogen and oxygen atoms in total. The molecule has 106 valence electrons. The number of aromatic nitrogens is 1. The average molecular weight is 294 g/mol. The van der Waals surface area contributed by atoms with E-state index in [1.165, 1.54) is 11.3 Å². The number of nitrogens with one attached hydrogen (secondary N) is 1. The Balaban J connectivity index is 1.97. The van der Waals surface area contributed by atoms with Crippen molar-refractivity contribution in [2.75, 3.05) is 0 Å². The lowest BCUT2D eigenvalue weighted by molar-refractivity contribution is -0.141. The fourth-order valence-corrected chi connectivity index (χ4v) is 2.44. The lowest BCUT2D eigenvalue weighted by Crippen LogP contribution is -2.41. The number of carbonyl (C=O) groups excluding carboxylic acids is 1. The minimum absolute atomic E-state index is 0.0565. The zero-order valence-corrected chi connectivity index (χ0v) is 11.6. The van der Waals surface area contributed by atoms with Crippen molar-refractivity contribution >= 4 is 23.2 Å². The number of hydrogen-bond acceptors (Lipinski definition) is 5. The summed E-state index contributed by atoms with van der Waals surface area (Å²) in [5.41, 5.74) is 0.596. The van der Waals surface area contributed by atoms with Crippen molar-refractivity contribution in [2.45, 2.75) is 25.8 Å². The Morgan fingerprint density at radius 2 is 2.35 bits per heavy atom. The van der Waals surface area contributed by atoms with Gasteiger partial charge in [-0.05, 0) is 18.6 Å². The van der Waals surface area contributed by atoms with Gasteiger partial charge in [0.1, 0.15) is 6.04 Å². The number of nitrogens with zero attached hydrogens (tertiary/aromatic N) is 1. The van der Waals surface area contributed by atoms with E-state index in [1.54, 1.807) is 30.7 Å². The third-order valence-corrected chi connectivity index (χ3v) is 3.57. The first kappa shape index (κ1) is 14.3. The summed E-state index contributed by atoms with van der Waals surface area (Å²) in [5, 5.41) is 13.8. The predicted octanol–water partition coefficient (Wildman–Crippen LogP) is 1.92. The van der Waals surface area contributed by atoms with Gasteiger partial charge in [0, 0.05) is 5.38 Å². The molecule has 2 heterocycles. The molecule has 0 aliphatic rings. The molecule has 0 aliphatic heterocycles. The largest absolute Gasteiger partial charge is 0.480 e. The molecule has 0 saturated carbocycles. The first-order valence-corrected chi connectivity index (χ1v) is 6.98. The van der Waals surface area contributed by atoms with Crippen LogP contribution in [-0.4, -0.2) is 28.0 Å². The molecule has 0 saturated heterocycles. The molecule has 0 aliphatic carbocycles. The number of amides is 1. The van der Waals surface area contributed by atoms with Crippen LogP contribution in [0, 0.1) is 0 Å². The lowest BCUT2D eigenvalue weighted by Gasteiger charge is -2.11. The molecule has 2 rings (SSSR count). The van der Waals surface area contributed by atoms with E-state index in [0.29, 0.717) is 22.9 Å². The molecule has 7 heteroatoms. The van der Waals surface area contributed by atoms with Crippen molar-refractivity contribution in [1.82, 2.24) is 10.3 Å². The van der Waals surface area contributed by atoms with Crippen molar-refractivity contribution in [3.05, 3.63) is 29.5 Å². The molecule has 1 unspecified atom stereocenters. The minimum atomic E-state index is -1.03. The fraction of sp³-hybridized carbons (Fsp3) is 0.308. The van der Waals surface area contributed by atoms with E-state index >= 15 is 0 Å². The topological polar surface area (TPSA) is 92.4 Å². The summed E-state index contributed by atoms with van der Waals surface area (Å²) in [7, 11) is 0. The van der Waals surface area contributed by atoms with Crippen LogP contribution >= 0.6 is 11.3 Å². The van der Waals surface area contributed by atoms with Gasteiger partial charge >= 0.3 is 5.97 Å². The van der Waals surface area contributed by atoms with Crippen LogP contribution in [0.2, 0.25) is 0 Å². The normalized spacial score (nSPS) is 12.1. The van der Waals surface area contributed by atoms with Gasteiger partial charge in [-0.2, -0.15) is 0 Å². The van der Waals surface area contributed by atoms with Crippen LogP contribution in [0.4, 0.5) is 0 Å². The van der Waals surface area contributed by atoms with Crippen LogP contribution in [0.15, 0.2) is 28.2 Å². The summed E-state index contributed by atoms with van der Waals surface area (Å²) in [4.78, 5) is 26.9. The van der Waals surface area contributed by atoms with Crippen molar-refractivity contribution in [3.8, 4) is 10.8 Å². The second-order valence-corrected chi connectivity index (χ2v) is 5.02. The Morgan fingerprint density at radius 3 is 2.95 bits per heavy atom. The molecule has 0 aromatic carbocycles. The van der Waals surface area contributed by atoms with Gasteiger partial charge in [-0.15, -0.1) is 11.3 Å². The Labute approximate surface area is 119 Å². The van der Waals surface area contributed by atoms with Gasteiger partial charge in [-0.25, -0.2) is 9.78 Å². The smallest absolute Gasteiger partial charge is 0.326 e. The van der Waals surface area contributed by atoms with Crippen LogP contribution in [-0.2, 0) is 16.0 Å². The maximum atomic E-state index is 11.7. The van der Waals surface area contributed by atoms with E-state index in [0.717, 1.165) is 0 Å². The molecular weight excluding hydrogens is 280 g/mol. The second kappa shape index (κ2) is 6.33. The molecule has 0 radical (unpaired) electrons. The predicted molar refractivity (Wildman–Crippen MR) is 73.4 cm³/mol. The number of carboxylic acids is 1. The maximum absolute atomic E-state index is 11.7. The van der Waals surface area contributed by atoms with Gasteiger partial charge in [-0.1, -0.05) is 6.92 Å². The Morgan fingerprint density at radius 1 is 1.55 bits per heavy atom. The zero-order chi connectivity index (χ0) is 14.5. The van der Waals surface area contributed by atoms with Crippen LogP contribution in [0.3, 0.4) is 0 Å². The van der Waals surface area contributed by atoms with Crippen LogP contribution in [0.1, 0.15) is 19.0 Å². The SMILES string of the molecule is CCC(NC(=O)Cc1csc(-c2ccco2)n1)C(=O)O. The minimum Gasteiger partial charge on any atom is -0.480 e. The van der Waals surface area contributed by atoms with Crippen LogP contribution < -0.4 is 5.32 Å². The Hall–Kier alpha value is -2.15. The van der Waals surface area contributed by atoms with Crippen LogP contribution in [0.5, 0.6) is 0 Å². The molecule has 2 N–H and O–H groups in total. The lowest BCUT2D eigenvalue weighted by atomic mass is 10.2. The number of aliphatic carboxylic acids is 1. The molecule has 2 aromatic rings. The number of carboxylic acid groups (broad SMARTS) is 1. The summed E-state index contributed by atoms with van der Waals surface area (Å²) >= 11 is 1.38. The molecule has 2 aromatic heterocycles. The molecule has 0 spiro atoms. The van der Waals surface area contributed by atoms with Gasteiger partial charge in [0.05, 0.1) is 18.4 Å². The summed E-state index contributed by atoms with van der Waals surface area (Å²) in [6.07, 6.45) is 1.96. The molecule has 20 heavy (non-hydrogen) atoms. The van der Waals surface area contributed by atoms with E-state index < -0.39 is 12.0 Å². The summed E-state index contributed by atoms with van der Waals surface area (Å²) in [5.74, 6) is -0.732.